The van der Waals surface area contributed by atoms with Crippen LogP contribution in [0.25, 0.3) is 0 Å². The standard InChI is InChI=1S/C23H31F3N4O3/c24-23(25,26)18-10-17(6-7-19(18)30-8-9-33-14-21(30)31)28-22(32)20(11-27)29(13-16-4-5-16)12-15-2-1-3-15/h6-7,10,15-16,20H,1-5,8-9,11-14,27H2,(H,28,32)/t20-/m0/s1. The van der Waals surface area contributed by atoms with E-state index in [0.29, 0.717) is 11.8 Å². The molecule has 10 heteroatoms. The normalized spacial score (nSPS) is 20.6. The van der Waals surface area contributed by atoms with Crippen LogP contribution in [0.2, 0.25) is 0 Å². The first kappa shape index (κ1) is 24.0. The molecule has 33 heavy (non-hydrogen) atoms. The highest BCUT2D eigenvalue weighted by Gasteiger charge is 2.38. The van der Waals surface area contributed by atoms with Crippen LogP contribution < -0.4 is 16.0 Å². The van der Waals surface area contributed by atoms with Crippen LogP contribution >= 0.6 is 0 Å². The third-order valence-electron chi connectivity index (χ3n) is 6.72. The number of alkyl halides is 3. The van der Waals surface area contributed by atoms with Crippen LogP contribution in [0.1, 0.15) is 37.7 Å². The summed E-state index contributed by atoms with van der Waals surface area (Å²) in [6, 6.07) is 2.92. The van der Waals surface area contributed by atoms with Crippen molar-refractivity contribution in [1.29, 1.82) is 0 Å². The van der Waals surface area contributed by atoms with E-state index in [2.05, 4.69) is 10.2 Å². The second kappa shape index (κ2) is 9.99. The fraction of sp³-hybridized carbons (Fsp3) is 0.652. The third kappa shape index (κ3) is 5.85. The van der Waals surface area contributed by atoms with Crippen LogP contribution in [0.15, 0.2) is 18.2 Å². The summed E-state index contributed by atoms with van der Waals surface area (Å²) in [4.78, 5) is 28.4. The number of nitrogens with one attached hydrogen (secondary N) is 1. The van der Waals surface area contributed by atoms with Gasteiger partial charge in [-0.05, 0) is 55.7 Å². The summed E-state index contributed by atoms with van der Waals surface area (Å²) >= 11 is 0. The first-order valence-electron chi connectivity index (χ1n) is 11.6. The predicted molar refractivity (Wildman–Crippen MR) is 118 cm³/mol. The highest BCUT2D eigenvalue weighted by atomic mass is 19.4. The second-order valence-electron chi connectivity index (χ2n) is 9.26. The Bertz CT molecular complexity index is 871. The quantitative estimate of drug-likeness (QED) is 0.582. The summed E-state index contributed by atoms with van der Waals surface area (Å²) in [6.45, 7) is 1.62. The topological polar surface area (TPSA) is 87.9 Å². The molecule has 1 atom stereocenters. The van der Waals surface area contributed by atoms with Crippen LogP contribution in [-0.2, 0) is 20.5 Å². The molecule has 0 radical (unpaired) electrons. The van der Waals surface area contributed by atoms with Gasteiger partial charge in [0.25, 0.3) is 5.91 Å². The molecule has 1 aromatic carbocycles. The number of anilines is 2. The van der Waals surface area contributed by atoms with E-state index in [9.17, 15) is 22.8 Å². The Hall–Kier alpha value is -2.17. The fourth-order valence-corrected chi connectivity index (χ4v) is 4.46. The van der Waals surface area contributed by atoms with Gasteiger partial charge in [0.15, 0.2) is 0 Å². The van der Waals surface area contributed by atoms with Crippen molar-refractivity contribution >= 4 is 23.2 Å². The number of carbonyl (C=O) groups excluding carboxylic acids is 2. The van der Waals surface area contributed by atoms with E-state index in [1.54, 1.807) is 0 Å². The summed E-state index contributed by atoms with van der Waals surface area (Å²) in [5, 5.41) is 2.64. The van der Waals surface area contributed by atoms with Gasteiger partial charge in [-0.3, -0.25) is 14.5 Å². The van der Waals surface area contributed by atoms with Crippen molar-refractivity contribution in [1.82, 2.24) is 4.90 Å². The van der Waals surface area contributed by atoms with E-state index in [1.807, 2.05) is 0 Å². The van der Waals surface area contributed by atoms with E-state index >= 15 is 0 Å². The highest BCUT2D eigenvalue weighted by Crippen LogP contribution is 2.39. The maximum Gasteiger partial charge on any atom is 0.418 e. The number of morpholine rings is 1. The lowest BCUT2D eigenvalue weighted by molar-refractivity contribution is -0.137. The summed E-state index contributed by atoms with van der Waals surface area (Å²) in [6.07, 6.45) is 1.05. The number of nitrogens with two attached hydrogens (primary N) is 1. The van der Waals surface area contributed by atoms with E-state index in [1.165, 1.54) is 18.6 Å². The Morgan fingerprint density at radius 2 is 1.91 bits per heavy atom. The maximum absolute atomic E-state index is 13.8. The van der Waals surface area contributed by atoms with Crippen molar-refractivity contribution in [3.63, 3.8) is 0 Å². The minimum Gasteiger partial charge on any atom is -0.370 e. The number of halogens is 3. The van der Waals surface area contributed by atoms with Gasteiger partial charge in [-0.2, -0.15) is 13.2 Å². The zero-order valence-corrected chi connectivity index (χ0v) is 18.6. The lowest BCUT2D eigenvalue weighted by atomic mass is 9.84. The Kier molecular flexibility index (Phi) is 7.25. The molecule has 1 aromatic rings. The molecule has 182 valence electrons. The number of hydrogen-bond acceptors (Lipinski definition) is 5. The molecule has 0 bridgehead atoms. The molecule has 0 unspecified atom stereocenters. The Morgan fingerprint density at radius 3 is 2.45 bits per heavy atom. The predicted octanol–water partition coefficient (Wildman–Crippen LogP) is 2.85. The molecule has 7 nitrogen and oxygen atoms in total. The van der Waals surface area contributed by atoms with Gasteiger partial charge in [0.2, 0.25) is 5.91 Å². The second-order valence-corrected chi connectivity index (χ2v) is 9.26. The largest absolute Gasteiger partial charge is 0.418 e. The number of hydrogen-bond donors (Lipinski definition) is 2. The molecule has 4 rings (SSSR count). The zero-order chi connectivity index (χ0) is 23.6. The minimum absolute atomic E-state index is 0.0326. The molecule has 3 N–H and O–H groups in total. The lowest BCUT2D eigenvalue weighted by Gasteiger charge is -2.36. The fourth-order valence-electron chi connectivity index (χ4n) is 4.46. The summed E-state index contributed by atoms with van der Waals surface area (Å²) in [5.74, 6) is 0.182. The Labute approximate surface area is 191 Å². The number of carbonyl (C=O) groups is 2. The number of ether oxygens (including phenoxy) is 1. The molecule has 1 aliphatic heterocycles. The summed E-state index contributed by atoms with van der Waals surface area (Å²) < 4.78 is 46.5. The molecule has 3 fully saturated rings. The summed E-state index contributed by atoms with van der Waals surface area (Å²) in [5.41, 5.74) is 4.79. The lowest BCUT2D eigenvalue weighted by Crippen LogP contribution is -2.51. The van der Waals surface area contributed by atoms with Gasteiger partial charge in [-0.25, -0.2) is 0 Å². The zero-order valence-electron chi connectivity index (χ0n) is 18.6. The summed E-state index contributed by atoms with van der Waals surface area (Å²) in [7, 11) is 0. The molecule has 3 aliphatic rings. The van der Waals surface area contributed by atoms with Crippen molar-refractivity contribution in [2.24, 2.45) is 17.6 Å². The highest BCUT2D eigenvalue weighted by molar-refractivity contribution is 5.98. The van der Waals surface area contributed by atoms with Gasteiger partial charge in [0, 0.05) is 31.9 Å². The molecule has 1 saturated heterocycles. The third-order valence-corrected chi connectivity index (χ3v) is 6.72. The number of nitrogens with zero attached hydrogens (tertiary/aromatic N) is 2. The first-order chi connectivity index (χ1) is 15.8. The minimum atomic E-state index is -4.69. The van der Waals surface area contributed by atoms with Crippen LogP contribution in [0.3, 0.4) is 0 Å². The van der Waals surface area contributed by atoms with Gasteiger partial charge >= 0.3 is 6.18 Å². The first-order valence-corrected chi connectivity index (χ1v) is 11.6. The van der Waals surface area contributed by atoms with E-state index in [0.717, 1.165) is 49.7 Å². The van der Waals surface area contributed by atoms with Crippen molar-refractivity contribution < 1.29 is 27.5 Å². The smallest absolute Gasteiger partial charge is 0.370 e. The van der Waals surface area contributed by atoms with Crippen LogP contribution in [-0.4, -0.2) is 62.1 Å². The van der Waals surface area contributed by atoms with Crippen LogP contribution in [0.5, 0.6) is 0 Å². The number of amides is 2. The van der Waals surface area contributed by atoms with Crippen LogP contribution in [0.4, 0.5) is 24.5 Å². The van der Waals surface area contributed by atoms with Crippen molar-refractivity contribution in [3.05, 3.63) is 23.8 Å². The van der Waals surface area contributed by atoms with Gasteiger partial charge < -0.3 is 20.7 Å². The van der Waals surface area contributed by atoms with Gasteiger partial charge in [0.1, 0.15) is 12.6 Å². The molecule has 0 spiro atoms. The van der Waals surface area contributed by atoms with Gasteiger partial charge in [0.05, 0.1) is 17.9 Å². The molecule has 1 heterocycles. The molecule has 2 saturated carbocycles. The van der Waals surface area contributed by atoms with Crippen molar-refractivity contribution in [3.8, 4) is 0 Å². The molecular weight excluding hydrogens is 437 g/mol. The average molecular weight is 469 g/mol. The van der Waals surface area contributed by atoms with E-state index < -0.39 is 29.6 Å². The molecule has 2 amide bonds. The molecule has 0 aromatic heterocycles. The van der Waals surface area contributed by atoms with Gasteiger partial charge in [-0.15, -0.1) is 0 Å². The monoisotopic (exact) mass is 468 g/mol. The molecular formula is C23H31F3N4O3. The van der Waals surface area contributed by atoms with E-state index in [-0.39, 0.29) is 37.7 Å². The number of benzene rings is 1. The Morgan fingerprint density at radius 1 is 1.21 bits per heavy atom. The van der Waals surface area contributed by atoms with Crippen LogP contribution in [0, 0.1) is 11.8 Å². The van der Waals surface area contributed by atoms with Crippen molar-refractivity contribution in [2.45, 2.75) is 44.3 Å². The maximum atomic E-state index is 13.8. The van der Waals surface area contributed by atoms with E-state index in [4.69, 9.17) is 10.5 Å². The van der Waals surface area contributed by atoms with Gasteiger partial charge in [-0.1, -0.05) is 6.42 Å². The average Bonchev–Trinajstić information content (AvgIpc) is 3.55. The molecule has 2 aliphatic carbocycles. The Balaban J connectivity index is 1.52. The SMILES string of the molecule is NC[C@@H](C(=O)Nc1ccc(N2CCOCC2=O)c(C(F)(F)F)c1)N(CC1CCC1)CC1CC1. The number of rotatable bonds is 9. The van der Waals surface area contributed by atoms with Crippen molar-refractivity contribution in [2.75, 3.05) is 49.6 Å².